The first kappa shape index (κ1) is 16.4. The second kappa shape index (κ2) is 6.85. The van der Waals surface area contributed by atoms with E-state index in [1.807, 2.05) is 52.0 Å². The SMILES string of the molecule is CCc1cccc(C(=O)c2ccc(C)c(C)c2C)c1OP=O. The topological polar surface area (TPSA) is 43.4 Å². The summed E-state index contributed by atoms with van der Waals surface area (Å²) in [7, 11) is -0.455. The Bertz CT molecular complexity index is 735. The Morgan fingerprint density at radius 1 is 1.05 bits per heavy atom. The third-order valence-corrected chi connectivity index (χ3v) is 4.41. The fourth-order valence-corrected chi connectivity index (χ4v) is 2.82. The van der Waals surface area contributed by atoms with Crippen molar-refractivity contribution >= 4 is 14.5 Å². The molecule has 0 amide bonds. The molecule has 2 rings (SSSR count). The molecular weight excluding hydrogens is 295 g/mol. The maximum absolute atomic E-state index is 12.9. The van der Waals surface area contributed by atoms with E-state index >= 15 is 0 Å². The fraction of sp³-hybridized carbons (Fsp3) is 0.278. The minimum atomic E-state index is -0.455. The number of rotatable bonds is 5. The van der Waals surface area contributed by atoms with Gasteiger partial charge in [0.1, 0.15) is 5.75 Å². The van der Waals surface area contributed by atoms with Crippen LogP contribution < -0.4 is 4.52 Å². The summed E-state index contributed by atoms with van der Waals surface area (Å²) in [5, 5.41) is 0. The van der Waals surface area contributed by atoms with Crippen molar-refractivity contribution in [2.45, 2.75) is 34.1 Å². The Morgan fingerprint density at radius 2 is 1.77 bits per heavy atom. The lowest BCUT2D eigenvalue weighted by atomic mass is 9.92. The minimum absolute atomic E-state index is 0.102. The number of ketones is 1. The van der Waals surface area contributed by atoms with E-state index in [0.717, 1.165) is 22.3 Å². The Labute approximate surface area is 132 Å². The van der Waals surface area contributed by atoms with Crippen LogP contribution in [0.5, 0.6) is 5.75 Å². The van der Waals surface area contributed by atoms with Crippen molar-refractivity contribution in [2.24, 2.45) is 0 Å². The van der Waals surface area contributed by atoms with Crippen LogP contribution in [0.3, 0.4) is 0 Å². The summed E-state index contributed by atoms with van der Waals surface area (Å²) < 4.78 is 16.1. The van der Waals surface area contributed by atoms with Crippen LogP contribution >= 0.6 is 8.69 Å². The Balaban J connectivity index is 2.59. The van der Waals surface area contributed by atoms with E-state index in [-0.39, 0.29) is 5.78 Å². The van der Waals surface area contributed by atoms with Gasteiger partial charge in [-0.05, 0) is 55.5 Å². The second-order valence-electron chi connectivity index (χ2n) is 5.32. The molecular formula is C18H19O3P. The maximum Gasteiger partial charge on any atom is 0.395 e. The van der Waals surface area contributed by atoms with Gasteiger partial charge >= 0.3 is 8.69 Å². The lowest BCUT2D eigenvalue weighted by molar-refractivity contribution is 0.103. The van der Waals surface area contributed by atoms with E-state index in [4.69, 9.17) is 4.52 Å². The molecule has 114 valence electrons. The molecule has 0 spiro atoms. The zero-order valence-corrected chi connectivity index (χ0v) is 14.2. The van der Waals surface area contributed by atoms with Crippen molar-refractivity contribution in [3.63, 3.8) is 0 Å². The molecule has 0 saturated heterocycles. The van der Waals surface area contributed by atoms with Gasteiger partial charge in [0.25, 0.3) is 0 Å². The molecule has 3 nitrogen and oxygen atoms in total. The first-order chi connectivity index (χ1) is 10.5. The number of carbonyl (C=O) groups is 1. The molecule has 0 aliphatic carbocycles. The first-order valence-corrected chi connectivity index (χ1v) is 7.97. The van der Waals surface area contributed by atoms with Gasteiger partial charge in [-0.25, -0.2) is 4.57 Å². The molecule has 0 N–H and O–H groups in total. The monoisotopic (exact) mass is 314 g/mol. The van der Waals surface area contributed by atoms with Gasteiger partial charge in [-0.3, -0.25) is 4.79 Å². The van der Waals surface area contributed by atoms with Crippen LogP contribution in [0.15, 0.2) is 30.3 Å². The van der Waals surface area contributed by atoms with Gasteiger partial charge < -0.3 is 4.52 Å². The van der Waals surface area contributed by atoms with Crippen LogP contribution in [-0.4, -0.2) is 5.78 Å². The Morgan fingerprint density at radius 3 is 2.41 bits per heavy atom. The van der Waals surface area contributed by atoms with E-state index in [0.29, 0.717) is 23.3 Å². The summed E-state index contributed by atoms with van der Waals surface area (Å²) >= 11 is 0. The van der Waals surface area contributed by atoms with Gasteiger partial charge in [-0.1, -0.05) is 31.2 Å². The molecule has 0 saturated carbocycles. The van der Waals surface area contributed by atoms with Crippen LogP contribution in [0.4, 0.5) is 0 Å². The zero-order valence-electron chi connectivity index (χ0n) is 13.3. The molecule has 22 heavy (non-hydrogen) atoms. The van der Waals surface area contributed by atoms with Crippen LogP contribution in [0.2, 0.25) is 0 Å². The first-order valence-electron chi connectivity index (χ1n) is 7.24. The van der Waals surface area contributed by atoms with Gasteiger partial charge in [-0.2, -0.15) is 0 Å². The number of hydrogen-bond donors (Lipinski definition) is 0. The zero-order chi connectivity index (χ0) is 16.3. The molecule has 0 aliphatic rings. The molecule has 0 bridgehead atoms. The average Bonchev–Trinajstić information content (AvgIpc) is 2.52. The van der Waals surface area contributed by atoms with E-state index < -0.39 is 8.69 Å². The summed E-state index contributed by atoms with van der Waals surface area (Å²) in [6.45, 7) is 7.96. The summed E-state index contributed by atoms with van der Waals surface area (Å²) in [4.78, 5) is 12.9. The summed E-state index contributed by atoms with van der Waals surface area (Å²) in [5.74, 6) is 0.304. The predicted octanol–water partition coefficient (Wildman–Crippen LogP) is 4.99. The summed E-state index contributed by atoms with van der Waals surface area (Å²) in [5.41, 5.74) is 5.22. The highest BCUT2D eigenvalue weighted by Crippen LogP contribution is 2.30. The van der Waals surface area contributed by atoms with Crippen molar-refractivity contribution in [3.05, 3.63) is 63.7 Å². The van der Waals surface area contributed by atoms with Crippen molar-refractivity contribution in [2.75, 3.05) is 0 Å². The smallest absolute Gasteiger partial charge is 0.395 e. The molecule has 0 aliphatic heterocycles. The van der Waals surface area contributed by atoms with E-state index in [1.165, 1.54) is 0 Å². The molecule has 0 unspecified atom stereocenters. The maximum atomic E-state index is 12.9. The Hall–Kier alpha value is -1.99. The standard InChI is InChI=1S/C18H19O3P/c1-5-14-7-6-8-16(18(14)21-22-20)17(19)15-10-9-11(2)12(3)13(15)4/h6-10H,5H2,1-4H3. The number of para-hydroxylation sites is 1. The van der Waals surface area contributed by atoms with Gasteiger partial charge in [-0.15, -0.1) is 0 Å². The largest absolute Gasteiger partial charge is 0.407 e. The molecule has 0 radical (unpaired) electrons. The van der Waals surface area contributed by atoms with E-state index in [9.17, 15) is 9.36 Å². The second-order valence-corrected chi connectivity index (χ2v) is 5.65. The van der Waals surface area contributed by atoms with E-state index in [2.05, 4.69) is 0 Å². The fourth-order valence-electron chi connectivity index (χ4n) is 2.53. The molecule has 2 aromatic carbocycles. The summed E-state index contributed by atoms with van der Waals surface area (Å²) in [6.07, 6.45) is 0.706. The normalized spacial score (nSPS) is 10.7. The number of benzene rings is 2. The predicted molar refractivity (Wildman–Crippen MR) is 88.1 cm³/mol. The molecule has 0 atom stereocenters. The van der Waals surface area contributed by atoms with Crippen molar-refractivity contribution in [3.8, 4) is 5.75 Å². The summed E-state index contributed by atoms with van der Waals surface area (Å²) in [6, 6.07) is 9.22. The molecule has 0 fully saturated rings. The van der Waals surface area contributed by atoms with Crippen LogP contribution in [-0.2, 0) is 11.0 Å². The molecule has 0 heterocycles. The quantitative estimate of drug-likeness (QED) is 0.577. The minimum Gasteiger partial charge on any atom is -0.407 e. The molecule has 0 aromatic heterocycles. The third kappa shape index (κ3) is 2.95. The van der Waals surface area contributed by atoms with Gasteiger partial charge in [0.15, 0.2) is 5.78 Å². The van der Waals surface area contributed by atoms with Crippen LogP contribution in [0, 0.1) is 20.8 Å². The number of hydrogen-bond acceptors (Lipinski definition) is 3. The lowest BCUT2D eigenvalue weighted by Crippen LogP contribution is -2.08. The van der Waals surface area contributed by atoms with Gasteiger partial charge in [0.05, 0.1) is 5.56 Å². The average molecular weight is 314 g/mol. The van der Waals surface area contributed by atoms with Gasteiger partial charge in [0, 0.05) is 5.56 Å². The number of aryl methyl sites for hydroxylation is 2. The highest BCUT2D eigenvalue weighted by molar-refractivity contribution is 7.17. The van der Waals surface area contributed by atoms with Crippen molar-refractivity contribution in [1.29, 1.82) is 0 Å². The molecule has 2 aromatic rings. The molecule has 4 heteroatoms. The Kier molecular flexibility index (Phi) is 5.10. The highest BCUT2D eigenvalue weighted by Gasteiger charge is 2.20. The van der Waals surface area contributed by atoms with E-state index in [1.54, 1.807) is 6.07 Å². The number of carbonyl (C=O) groups excluding carboxylic acids is 1. The van der Waals surface area contributed by atoms with Crippen LogP contribution in [0.25, 0.3) is 0 Å². The van der Waals surface area contributed by atoms with Crippen molar-refractivity contribution < 1.29 is 13.9 Å². The van der Waals surface area contributed by atoms with Gasteiger partial charge in [0.2, 0.25) is 0 Å². The lowest BCUT2D eigenvalue weighted by Gasteiger charge is -2.13. The van der Waals surface area contributed by atoms with Crippen molar-refractivity contribution in [1.82, 2.24) is 0 Å². The third-order valence-electron chi connectivity index (χ3n) is 4.15. The highest BCUT2D eigenvalue weighted by atomic mass is 31.1. The van der Waals surface area contributed by atoms with Crippen LogP contribution in [0.1, 0.15) is 45.1 Å².